The van der Waals surface area contributed by atoms with Crippen LogP contribution in [0.4, 0.5) is 20.2 Å². The van der Waals surface area contributed by atoms with E-state index in [0.717, 1.165) is 31.4 Å². The molecule has 0 aliphatic carbocycles. The first-order valence-corrected chi connectivity index (χ1v) is 7.62. The Kier molecular flexibility index (Phi) is 5.52. The zero-order chi connectivity index (χ0) is 17.0. The van der Waals surface area contributed by atoms with Crippen LogP contribution in [0, 0.1) is 11.6 Å². The Hall–Kier alpha value is -2.18. The van der Waals surface area contributed by atoms with Gasteiger partial charge in [0.1, 0.15) is 5.69 Å². The van der Waals surface area contributed by atoms with E-state index in [0.29, 0.717) is 13.0 Å². The number of rotatable bonds is 4. The van der Waals surface area contributed by atoms with Gasteiger partial charge in [-0.3, -0.25) is 9.59 Å². The van der Waals surface area contributed by atoms with Crippen LogP contribution in [-0.4, -0.2) is 43.9 Å². The summed E-state index contributed by atoms with van der Waals surface area (Å²) in [5, 5.41) is 2.45. The number of carbonyl (C=O) groups excluding carboxylic acids is 2. The highest BCUT2D eigenvalue weighted by Gasteiger charge is 2.20. The van der Waals surface area contributed by atoms with Crippen LogP contribution in [0.25, 0.3) is 0 Å². The van der Waals surface area contributed by atoms with Gasteiger partial charge in [0, 0.05) is 32.7 Å². The van der Waals surface area contributed by atoms with E-state index in [1.807, 2.05) is 0 Å². The maximum atomic E-state index is 13.9. The van der Waals surface area contributed by atoms with Crippen molar-refractivity contribution in [2.24, 2.45) is 0 Å². The molecule has 0 aromatic heterocycles. The van der Waals surface area contributed by atoms with Crippen molar-refractivity contribution in [3.63, 3.8) is 0 Å². The molecule has 1 saturated heterocycles. The lowest BCUT2D eigenvalue weighted by Gasteiger charge is -2.20. The summed E-state index contributed by atoms with van der Waals surface area (Å²) in [6.45, 7) is 0.437. The van der Waals surface area contributed by atoms with Crippen molar-refractivity contribution in [3.05, 3.63) is 23.8 Å². The van der Waals surface area contributed by atoms with Gasteiger partial charge in [0.25, 0.3) is 0 Å². The Bertz CT molecular complexity index is 582. The molecule has 1 heterocycles. The van der Waals surface area contributed by atoms with Gasteiger partial charge in [0.05, 0.1) is 6.54 Å². The molecule has 126 valence electrons. The zero-order valence-corrected chi connectivity index (χ0v) is 13.4. The largest absolute Gasteiger partial charge is 0.373 e. The number of nitrogens with zero attached hydrogens (tertiary/aromatic N) is 2. The van der Waals surface area contributed by atoms with Crippen LogP contribution in [-0.2, 0) is 9.59 Å². The van der Waals surface area contributed by atoms with Crippen molar-refractivity contribution in [1.29, 1.82) is 0 Å². The van der Waals surface area contributed by atoms with Crippen LogP contribution < -0.4 is 10.2 Å². The van der Waals surface area contributed by atoms with Crippen molar-refractivity contribution in [1.82, 2.24) is 4.90 Å². The van der Waals surface area contributed by atoms with Crippen LogP contribution >= 0.6 is 0 Å². The summed E-state index contributed by atoms with van der Waals surface area (Å²) < 4.78 is 27.8. The third-order valence-corrected chi connectivity index (χ3v) is 3.75. The molecule has 0 radical (unpaired) electrons. The second-order valence-corrected chi connectivity index (χ2v) is 5.86. The molecule has 2 amide bonds. The molecule has 1 aromatic carbocycles. The minimum Gasteiger partial charge on any atom is -0.373 e. The maximum absolute atomic E-state index is 13.9. The molecule has 0 bridgehead atoms. The monoisotopic (exact) mass is 325 g/mol. The third-order valence-electron chi connectivity index (χ3n) is 3.75. The number of amides is 2. The molecule has 1 aromatic rings. The molecule has 0 saturated carbocycles. The van der Waals surface area contributed by atoms with Gasteiger partial charge >= 0.3 is 0 Å². The predicted molar refractivity (Wildman–Crippen MR) is 84.4 cm³/mol. The smallest absolute Gasteiger partial charge is 0.243 e. The molecule has 1 aliphatic heterocycles. The summed E-state index contributed by atoms with van der Waals surface area (Å²) in [6.07, 6.45) is 3.10. The van der Waals surface area contributed by atoms with Gasteiger partial charge in [-0.1, -0.05) is 6.42 Å². The third kappa shape index (κ3) is 4.40. The Labute approximate surface area is 134 Å². The van der Waals surface area contributed by atoms with Crippen LogP contribution in [0.1, 0.15) is 25.7 Å². The highest BCUT2D eigenvalue weighted by Crippen LogP contribution is 2.25. The number of hydrogen-bond donors (Lipinski definition) is 1. The Balaban J connectivity index is 2.04. The zero-order valence-electron chi connectivity index (χ0n) is 13.4. The standard InChI is InChI=1S/C16H21F2N3O2/c1-20(2)16-12(17)8-11(9-13(16)18)19-14(22)10-21-7-5-3-4-6-15(21)23/h8-9H,3-7,10H2,1-2H3,(H,19,22). The van der Waals surface area contributed by atoms with Crippen molar-refractivity contribution in [2.75, 3.05) is 37.4 Å². The van der Waals surface area contributed by atoms with Crippen LogP contribution in [0.15, 0.2) is 12.1 Å². The molecule has 1 fully saturated rings. The second-order valence-electron chi connectivity index (χ2n) is 5.86. The molecular formula is C16H21F2N3O2. The molecule has 0 unspecified atom stereocenters. The van der Waals surface area contributed by atoms with E-state index in [9.17, 15) is 18.4 Å². The number of carbonyl (C=O) groups is 2. The molecular weight excluding hydrogens is 304 g/mol. The van der Waals surface area contributed by atoms with E-state index < -0.39 is 17.5 Å². The van der Waals surface area contributed by atoms with Crippen molar-refractivity contribution >= 4 is 23.2 Å². The normalized spacial score (nSPS) is 15.3. The van der Waals surface area contributed by atoms with Crippen LogP contribution in [0.5, 0.6) is 0 Å². The van der Waals surface area contributed by atoms with Crippen molar-refractivity contribution in [2.45, 2.75) is 25.7 Å². The fourth-order valence-corrected chi connectivity index (χ4v) is 2.64. The van der Waals surface area contributed by atoms with Gasteiger partial charge in [-0.2, -0.15) is 0 Å². The van der Waals surface area contributed by atoms with Gasteiger partial charge in [0.15, 0.2) is 11.6 Å². The van der Waals surface area contributed by atoms with Gasteiger partial charge in [-0.05, 0) is 25.0 Å². The number of anilines is 2. The van der Waals surface area contributed by atoms with Gasteiger partial charge in [-0.15, -0.1) is 0 Å². The van der Waals surface area contributed by atoms with E-state index >= 15 is 0 Å². The number of likely N-dealkylation sites (tertiary alicyclic amines) is 1. The quantitative estimate of drug-likeness (QED) is 0.925. The van der Waals surface area contributed by atoms with E-state index in [1.165, 1.54) is 23.9 Å². The summed E-state index contributed by atoms with van der Waals surface area (Å²) in [7, 11) is 3.06. The Morgan fingerprint density at radius 2 is 1.87 bits per heavy atom. The van der Waals surface area contributed by atoms with Gasteiger partial charge in [-0.25, -0.2) is 8.78 Å². The van der Waals surface area contributed by atoms with E-state index in [4.69, 9.17) is 0 Å². The Morgan fingerprint density at radius 3 is 2.48 bits per heavy atom. The molecule has 0 atom stereocenters. The van der Waals surface area contributed by atoms with E-state index in [1.54, 1.807) is 0 Å². The lowest BCUT2D eigenvalue weighted by molar-refractivity contribution is -0.134. The number of nitrogens with one attached hydrogen (secondary N) is 1. The number of halogens is 2. The molecule has 0 spiro atoms. The summed E-state index contributed by atoms with van der Waals surface area (Å²) >= 11 is 0. The summed E-state index contributed by atoms with van der Waals surface area (Å²) in [6, 6.07) is 2.14. The minimum atomic E-state index is -0.754. The summed E-state index contributed by atoms with van der Waals surface area (Å²) in [4.78, 5) is 26.7. The minimum absolute atomic E-state index is 0.0397. The summed E-state index contributed by atoms with van der Waals surface area (Å²) in [5.74, 6) is -2.03. The van der Waals surface area contributed by atoms with Crippen LogP contribution in [0.3, 0.4) is 0 Å². The van der Waals surface area contributed by atoms with Gasteiger partial charge < -0.3 is 15.1 Å². The fraction of sp³-hybridized carbons (Fsp3) is 0.500. The lowest BCUT2D eigenvalue weighted by Crippen LogP contribution is -2.37. The highest BCUT2D eigenvalue weighted by atomic mass is 19.1. The maximum Gasteiger partial charge on any atom is 0.243 e. The number of hydrogen-bond acceptors (Lipinski definition) is 3. The number of benzene rings is 1. The first-order chi connectivity index (χ1) is 10.9. The Morgan fingerprint density at radius 1 is 1.22 bits per heavy atom. The lowest BCUT2D eigenvalue weighted by atomic mass is 10.2. The fourth-order valence-electron chi connectivity index (χ4n) is 2.64. The van der Waals surface area contributed by atoms with E-state index in [2.05, 4.69) is 5.32 Å². The average molecular weight is 325 g/mol. The molecule has 1 aliphatic rings. The SMILES string of the molecule is CN(C)c1c(F)cc(NC(=O)CN2CCCCCC2=O)cc1F. The first-order valence-electron chi connectivity index (χ1n) is 7.62. The molecule has 7 heteroatoms. The van der Waals surface area contributed by atoms with Crippen molar-refractivity contribution in [3.8, 4) is 0 Å². The van der Waals surface area contributed by atoms with Crippen molar-refractivity contribution < 1.29 is 18.4 Å². The van der Waals surface area contributed by atoms with Gasteiger partial charge in [0.2, 0.25) is 11.8 Å². The molecule has 1 N–H and O–H groups in total. The predicted octanol–water partition coefficient (Wildman–Crippen LogP) is 2.37. The first kappa shape index (κ1) is 17.2. The van der Waals surface area contributed by atoms with E-state index in [-0.39, 0.29) is 23.8 Å². The molecule has 5 nitrogen and oxygen atoms in total. The topological polar surface area (TPSA) is 52.7 Å². The summed E-state index contributed by atoms with van der Waals surface area (Å²) in [5.41, 5.74) is -0.122. The average Bonchev–Trinajstić information content (AvgIpc) is 2.62. The molecule has 23 heavy (non-hydrogen) atoms. The second kappa shape index (κ2) is 7.39. The van der Waals surface area contributed by atoms with Crippen LogP contribution in [0.2, 0.25) is 0 Å². The highest BCUT2D eigenvalue weighted by molar-refractivity contribution is 5.94. The molecule has 2 rings (SSSR count).